The van der Waals surface area contributed by atoms with E-state index >= 15 is 0 Å². The normalized spacial score (nSPS) is 24.2. The van der Waals surface area contributed by atoms with Crippen LogP contribution in [0.25, 0.3) is 0 Å². The molecular weight excluding hydrogens is 154 g/mol. The molecule has 0 saturated carbocycles. The van der Waals surface area contributed by atoms with E-state index in [9.17, 15) is 4.79 Å². The van der Waals surface area contributed by atoms with E-state index in [2.05, 4.69) is 6.92 Å². The maximum atomic E-state index is 11.4. The van der Waals surface area contributed by atoms with Crippen molar-refractivity contribution in [2.45, 2.75) is 32.7 Å². The second-order valence-corrected chi connectivity index (χ2v) is 3.08. The number of hydrogen-bond donors (Lipinski definition) is 0. The number of nitrogens with zero attached hydrogens (tertiary/aromatic N) is 1. The van der Waals surface area contributed by atoms with Gasteiger partial charge < -0.3 is 9.64 Å². The van der Waals surface area contributed by atoms with Crippen LogP contribution in [-0.4, -0.2) is 36.6 Å². The van der Waals surface area contributed by atoms with E-state index in [4.69, 9.17) is 4.74 Å². The number of ether oxygens (including phenoxy) is 1. The van der Waals surface area contributed by atoms with Gasteiger partial charge in [-0.3, -0.25) is 4.79 Å². The second-order valence-electron chi connectivity index (χ2n) is 3.08. The maximum Gasteiger partial charge on any atom is 0.222 e. The van der Waals surface area contributed by atoms with E-state index in [0.717, 1.165) is 13.0 Å². The van der Waals surface area contributed by atoms with Crippen molar-refractivity contribution in [1.82, 2.24) is 4.90 Å². The fraction of sp³-hybridized carbons (Fsp3) is 0.889. The molecule has 0 N–H and O–H groups in total. The van der Waals surface area contributed by atoms with Gasteiger partial charge in [0, 0.05) is 13.0 Å². The molecule has 1 amide bonds. The quantitative estimate of drug-likeness (QED) is 0.621. The second kappa shape index (κ2) is 4.45. The van der Waals surface area contributed by atoms with Crippen molar-refractivity contribution in [2.24, 2.45) is 0 Å². The minimum Gasteiger partial charge on any atom is -0.377 e. The number of hydrogen-bond acceptors (Lipinski definition) is 2. The minimum absolute atomic E-state index is 0.255. The Labute approximate surface area is 73.7 Å². The van der Waals surface area contributed by atoms with Crippen LogP contribution in [-0.2, 0) is 9.53 Å². The third kappa shape index (κ3) is 1.97. The molecule has 0 aromatic carbocycles. The predicted molar refractivity (Wildman–Crippen MR) is 46.9 cm³/mol. The Morgan fingerprint density at radius 2 is 2.33 bits per heavy atom. The average Bonchev–Trinajstić information content (AvgIpc) is 2.16. The third-order valence-electron chi connectivity index (χ3n) is 2.32. The van der Waals surface area contributed by atoms with Gasteiger partial charge in [0.25, 0.3) is 0 Å². The Morgan fingerprint density at radius 3 is 2.92 bits per heavy atom. The molecule has 0 bridgehead atoms. The highest BCUT2D eigenvalue weighted by Gasteiger charge is 2.24. The van der Waals surface area contributed by atoms with E-state index in [-0.39, 0.29) is 5.91 Å². The van der Waals surface area contributed by atoms with Gasteiger partial charge in [-0.1, -0.05) is 13.8 Å². The number of rotatable bonds is 2. The molecule has 1 aliphatic heterocycles. The van der Waals surface area contributed by atoms with Gasteiger partial charge in [-0.2, -0.15) is 0 Å². The Morgan fingerprint density at radius 1 is 1.58 bits per heavy atom. The molecule has 0 aromatic heterocycles. The summed E-state index contributed by atoms with van der Waals surface area (Å²) in [6.07, 6.45) is 1.60. The SMILES string of the molecule is CCC(=O)N1CCOCC1CC. The summed E-state index contributed by atoms with van der Waals surface area (Å²) in [6, 6.07) is 0.311. The molecule has 1 saturated heterocycles. The van der Waals surface area contributed by atoms with Gasteiger partial charge in [0.1, 0.15) is 0 Å². The summed E-state index contributed by atoms with van der Waals surface area (Å²) < 4.78 is 5.30. The maximum absolute atomic E-state index is 11.4. The summed E-state index contributed by atoms with van der Waals surface area (Å²) in [4.78, 5) is 13.4. The summed E-state index contributed by atoms with van der Waals surface area (Å²) in [7, 11) is 0. The van der Waals surface area contributed by atoms with E-state index < -0.39 is 0 Å². The Bertz CT molecular complexity index is 159. The standard InChI is InChI=1S/C9H17NO2/c1-3-8-7-12-6-5-10(8)9(11)4-2/h8H,3-7H2,1-2H3. The summed E-state index contributed by atoms with van der Waals surface area (Å²) in [5.41, 5.74) is 0. The number of amides is 1. The Kier molecular flexibility index (Phi) is 3.53. The van der Waals surface area contributed by atoms with Crippen molar-refractivity contribution in [3.05, 3.63) is 0 Å². The minimum atomic E-state index is 0.255. The molecular formula is C9H17NO2. The molecule has 0 aliphatic carbocycles. The molecule has 70 valence electrons. The first kappa shape index (κ1) is 9.52. The summed E-state index contributed by atoms with van der Waals surface area (Å²) in [5.74, 6) is 0.255. The smallest absolute Gasteiger partial charge is 0.222 e. The summed E-state index contributed by atoms with van der Waals surface area (Å²) in [6.45, 7) is 6.18. The summed E-state index contributed by atoms with van der Waals surface area (Å²) >= 11 is 0. The van der Waals surface area contributed by atoms with Crippen LogP contribution in [0.4, 0.5) is 0 Å². The van der Waals surface area contributed by atoms with E-state index in [1.807, 2.05) is 11.8 Å². The predicted octanol–water partition coefficient (Wildman–Crippen LogP) is 1.03. The first-order valence-electron chi connectivity index (χ1n) is 4.66. The first-order chi connectivity index (χ1) is 5.79. The Hall–Kier alpha value is -0.570. The topological polar surface area (TPSA) is 29.5 Å². The summed E-state index contributed by atoms with van der Waals surface area (Å²) in [5, 5.41) is 0. The van der Waals surface area contributed by atoms with Crippen molar-refractivity contribution in [2.75, 3.05) is 19.8 Å². The third-order valence-corrected chi connectivity index (χ3v) is 2.32. The Balaban J connectivity index is 2.52. The van der Waals surface area contributed by atoms with Gasteiger partial charge in [-0.15, -0.1) is 0 Å². The van der Waals surface area contributed by atoms with Crippen LogP contribution in [0.2, 0.25) is 0 Å². The van der Waals surface area contributed by atoms with Crippen LogP contribution in [0.3, 0.4) is 0 Å². The van der Waals surface area contributed by atoms with Crippen LogP contribution in [0.5, 0.6) is 0 Å². The van der Waals surface area contributed by atoms with Crippen LogP contribution in [0, 0.1) is 0 Å². The zero-order valence-electron chi connectivity index (χ0n) is 7.88. The lowest BCUT2D eigenvalue weighted by Gasteiger charge is -2.34. The molecule has 3 heteroatoms. The van der Waals surface area contributed by atoms with Crippen molar-refractivity contribution in [1.29, 1.82) is 0 Å². The molecule has 1 heterocycles. The zero-order chi connectivity index (χ0) is 8.97. The fourth-order valence-corrected chi connectivity index (χ4v) is 1.52. The van der Waals surface area contributed by atoms with Crippen LogP contribution < -0.4 is 0 Å². The molecule has 1 aliphatic rings. The van der Waals surface area contributed by atoms with Gasteiger partial charge in [0.15, 0.2) is 0 Å². The van der Waals surface area contributed by atoms with Crippen LogP contribution >= 0.6 is 0 Å². The number of morpholine rings is 1. The highest BCUT2D eigenvalue weighted by Crippen LogP contribution is 2.11. The molecule has 3 nitrogen and oxygen atoms in total. The molecule has 12 heavy (non-hydrogen) atoms. The lowest BCUT2D eigenvalue weighted by molar-refractivity contribution is -0.139. The first-order valence-corrected chi connectivity index (χ1v) is 4.66. The van der Waals surface area contributed by atoms with E-state index in [1.54, 1.807) is 0 Å². The molecule has 0 aromatic rings. The van der Waals surface area contributed by atoms with Gasteiger partial charge in [-0.25, -0.2) is 0 Å². The van der Waals surface area contributed by atoms with E-state index in [1.165, 1.54) is 0 Å². The molecule has 0 radical (unpaired) electrons. The van der Waals surface area contributed by atoms with Crippen LogP contribution in [0.15, 0.2) is 0 Å². The fourth-order valence-electron chi connectivity index (χ4n) is 1.52. The lowest BCUT2D eigenvalue weighted by Crippen LogP contribution is -2.48. The molecule has 1 atom stereocenters. The molecule has 1 unspecified atom stereocenters. The van der Waals surface area contributed by atoms with Crippen molar-refractivity contribution in [3.63, 3.8) is 0 Å². The largest absolute Gasteiger partial charge is 0.377 e. The van der Waals surface area contributed by atoms with Gasteiger partial charge in [-0.05, 0) is 6.42 Å². The van der Waals surface area contributed by atoms with Gasteiger partial charge in [0.05, 0.1) is 19.3 Å². The molecule has 0 spiro atoms. The number of carbonyl (C=O) groups is 1. The van der Waals surface area contributed by atoms with Crippen LogP contribution in [0.1, 0.15) is 26.7 Å². The van der Waals surface area contributed by atoms with Crippen molar-refractivity contribution < 1.29 is 9.53 Å². The highest BCUT2D eigenvalue weighted by atomic mass is 16.5. The molecule has 1 fully saturated rings. The number of carbonyl (C=O) groups excluding carboxylic acids is 1. The lowest BCUT2D eigenvalue weighted by atomic mass is 10.1. The molecule has 1 rings (SSSR count). The highest BCUT2D eigenvalue weighted by molar-refractivity contribution is 5.76. The zero-order valence-corrected chi connectivity index (χ0v) is 7.88. The monoisotopic (exact) mass is 171 g/mol. The van der Waals surface area contributed by atoms with Gasteiger partial charge >= 0.3 is 0 Å². The van der Waals surface area contributed by atoms with Gasteiger partial charge in [0.2, 0.25) is 5.91 Å². The van der Waals surface area contributed by atoms with E-state index in [0.29, 0.717) is 25.7 Å². The van der Waals surface area contributed by atoms with Crippen molar-refractivity contribution >= 4 is 5.91 Å². The average molecular weight is 171 g/mol. The van der Waals surface area contributed by atoms with Crippen molar-refractivity contribution in [3.8, 4) is 0 Å².